The number of hydrogen-bond donors (Lipinski definition) is 1. The van der Waals surface area contributed by atoms with Crippen molar-refractivity contribution >= 4 is 17.6 Å². The molecule has 0 spiro atoms. The molecule has 0 atom stereocenters. The van der Waals surface area contributed by atoms with E-state index in [1.165, 1.54) is 38.7 Å². The zero-order chi connectivity index (χ0) is 16.7. The molecular formula is C16H16N2O5. The number of amides is 1. The first-order valence-corrected chi connectivity index (χ1v) is 6.72. The van der Waals surface area contributed by atoms with Gasteiger partial charge in [-0.25, -0.2) is 4.79 Å². The number of methoxy groups -OCH3 is 2. The Morgan fingerprint density at radius 1 is 1.04 bits per heavy atom. The molecule has 0 bridgehead atoms. The molecule has 0 fully saturated rings. The lowest BCUT2D eigenvalue weighted by Gasteiger charge is -2.10. The molecule has 7 heteroatoms. The number of carbonyl (C=O) groups is 2. The van der Waals surface area contributed by atoms with Gasteiger partial charge in [-0.1, -0.05) is 0 Å². The Kier molecular flexibility index (Phi) is 5.51. The molecular weight excluding hydrogens is 300 g/mol. The molecule has 120 valence electrons. The molecule has 0 aliphatic rings. The van der Waals surface area contributed by atoms with Gasteiger partial charge < -0.3 is 19.5 Å². The van der Waals surface area contributed by atoms with Crippen LogP contribution in [0.15, 0.2) is 42.7 Å². The van der Waals surface area contributed by atoms with Crippen molar-refractivity contribution in [1.82, 2.24) is 4.98 Å². The van der Waals surface area contributed by atoms with Gasteiger partial charge in [-0.05, 0) is 12.1 Å². The Labute approximate surface area is 133 Å². The summed E-state index contributed by atoms with van der Waals surface area (Å²) in [7, 11) is 3.02. The quantitative estimate of drug-likeness (QED) is 0.819. The third kappa shape index (κ3) is 4.70. The van der Waals surface area contributed by atoms with E-state index in [-0.39, 0.29) is 0 Å². The van der Waals surface area contributed by atoms with Gasteiger partial charge in [0.15, 0.2) is 6.61 Å². The van der Waals surface area contributed by atoms with Crippen LogP contribution in [0.4, 0.5) is 5.69 Å². The van der Waals surface area contributed by atoms with Crippen LogP contribution in [-0.2, 0) is 9.53 Å². The van der Waals surface area contributed by atoms with E-state index >= 15 is 0 Å². The molecule has 0 unspecified atom stereocenters. The minimum absolute atomic E-state index is 0.329. The Morgan fingerprint density at radius 2 is 1.65 bits per heavy atom. The highest BCUT2D eigenvalue weighted by Crippen LogP contribution is 2.25. The lowest BCUT2D eigenvalue weighted by molar-refractivity contribution is -0.119. The fourth-order valence-corrected chi connectivity index (χ4v) is 1.78. The van der Waals surface area contributed by atoms with Crippen LogP contribution >= 0.6 is 0 Å². The van der Waals surface area contributed by atoms with Gasteiger partial charge in [0, 0.05) is 36.3 Å². The molecule has 0 aliphatic carbocycles. The molecule has 1 amide bonds. The fraction of sp³-hybridized carbons (Fsp3) is 0.188. The molecule has 0 aliphatic heterocycles. The molecule has 0 saturated heterocycles. The van der Waals surface area contributed by atoms with Gasteiger partial charge in [-0.15, -0.1) is 0 Å². The van der Waals surface area contributed by atoms with E-state index in [0.717, 1.165) is 0 Å². The summed E-state index contributed by atoms with van der Waals surface area (Å²) >= 11 is 0. The zero-order valence-electron chi connectivity index (χ0n) is 12.7. The molecule has 7 nitrogen and oxygen atoms in total. The summed E-state index contributed by atoms with van der Waals surface area (Å²) in [6.07, 6.45) is 2.94. The van der Waals surface area contributed by atoms with Gasteiger partial charge in [0.05, 0.1) is 19.8 Å². The Morgan fingerprint density at radius 3 is 2.22 bits per heavy atom. The molecule has 1 heterocycles. The van der Waals surface area contributed by atoms with Gasteiger partial charge in [0.25, 0.3) is 5.91 Å². The van der Waals surface area contributed by atoms with Crippen LogP contribution in [0.1, 0.15) is 10.4 Å². The summed E-state index contributed by atoms with van der Waals surface area (Å²) in [6, 6.07) is 7.95. The smallest absolute Gasteiger partial charge is 0.338 e. The number of aromatic nitrogens is 1. The molecule has 2 rings (SSSR count). The van der Waals surface area contributed by atoms with E-state index in [9.17, 15) is 9.59 Å². The molecule has 0 saturated carbocycles. The zero-order valence-corrected chi connectivity index (χ0v) is 12.7. The molecule has 1 aromatic carbocycles. The topological polar surface area (TPSA) is 86.8 Å². The maximum atomic E-state index is 11.9. The fourth-order valence-electron chi connectivity index (χ4n) is 1.78. The van der Waals surface area contributed by atoms with Crippen LogP contribution in [0.2, 0.25) is 0 Å². The number of ether oxygens (including phenoxy) is 3. The first-order chi connectivity index (χ1) is 11.1. The van der Waals surface area contributed by atoms with Crippen LogP contribution in [0, 0.1) is 0 Å². The van der Waals surface area contributed by atoms with E-state index in [1.54, 1.807) is 18.2 Å². The molecule has 1 N–H and O–H groups in total. The number of carbonyl (C=O) groups excluding carboxylic acids is 2. The van der Waals surface area contributed by atoms with Crippen molar-refractivity contribution in [2.45, 2.75) is 0 Å². The second-order valence-corrected chi connectivity index (χ2v) is 4.46. The van der Waals surface area contributed by atoms with E-state index in [1.807, 2.05) is 0 Å². The third-order valence-corrected chi connectivity index (χ3v) is 2.89. The summed E-state index contributed by atoms with van der Waals surface area (Å²) in [5.74, 6) is 0.00958. The van der Waals surface area contributed by atoms with Crippen molar-refractivity contribution in [3.05, 3.63) is 48.3 Å². The number of esters is 1. The van der Waals surface area contributed by atoms with Gasteiger partial charge in [0.2, 0.25) is 0 Å². The predicted molar refractivity (Wildman–Crippen MR) is 82.7 cm³/mol. The van der Waals surface area contributed by atoms with Gasteiger partial charge in [-0.2, -0.15) is 0 Å². The number of pyridine rings is 1. The van der Waals surface area contributed by atoms with E-state index in [4.69, 9.17) is 14.2 Å². The average Bonchev–Trinajstić information content (AvgIpc) is 2.60. The van der Waals surface area contributed by atoms with Crippen LogP contribution in [0.3, 0.4) is 0 Å². The van der Waals surface area contributed by atoms with Crippen LogP contribution in [0.5, 0.6) is 11.5 Å². The maximum absolute atomic E-state index is 11.9. The van der Waals surface area contributed by atoms with E-state index in [0.29, 0.717) is 22.7 Å². The third-order valence-electron chi connectivity index (χ3n) is 2.89. The number of anilines is 1. The second kappa shape index (κ2) is 7.79. The lowest BCUT2D eigenvalue weighted by Crippen LogP contribution is -2.21. The largest absolute Gasteiger partial charge is 0.497 e. The van der Waals surface area contributed by atoms with Crippen molar-refractivity contribution < 1.29 is 23.8 Å². The van der Waals surface area contributed by atoms with Crippen molar-refractivity contribution in [3.63, 3.8) is 0 Å². The first-order valence-electron chi connectivity index (χ1n) is 6.72. The summed E-state index contributed by atoms with van der Waals surface area (Å²) in [5, 5.41) is 2.61. The highest BCUT2D eigenvalue weighted by atomic mass is 16.5. The minimum atomic E-state index is -0.592. The molecule has 23 heavy (non-hydrogen) atoms. The number of rotatable bonds is 6. The van der Waals surface area contributed by atoms with Crippen LogP contribution < -0.4 is 14.8 Å². The first kappa shape index (κ1) is 16.3. The van der Waals surface area contributed by atoms with Crippen molar-refractivity contribution in [2.24, 2.45) is 0 Å². The summed E-state index contributed by atoms with van der Waals surface area (Å²) in [6.45, 7) is -0.402. The molecule has 1 aromatic heterocycles. The van der Waals surface area contributed by atoms with Gasteiger partial charge in [0.1, 0.15) is 11.5 Å². The average molecular weight is 316 g/mol. The number of hydrogen-bond acceptors (Lipinski definition) is 6. The summed E-state index contributed by atoms with van der Waals surface area (Å²) in [4.78, 5) is 27.4. The number of benzene rings is 1. The monoisotopic (exact) mass is 316 g/mol. The Hall–Kier alpha value is -3.09. The van der Waals surface area contributed by atoms with Gasteiger partial charge >= 0.3 is 5.97 Å². The standard InChI is InChI=1S/C16H16N2O5/c1-21-13-7-12(8-14(9-13)22-2)18-15(19)10-23-16(20)11-3-5-17-6-4-11/h3-9H,10H2,1-2H3,(H,18,19). The molecule has 2 aromatic rings. The van der Waals surface area contributed by atoms with Crippen molar-refractivity contribution in [2.75, 3.05) is 26.1 Å². The second-order valence-electron chi connectivity index (χ2n) is 4.46. The Bertz CT molecular complexity index is 666. The van der Waals surface area contributed by atoms with Crippen LogP contribution in [-0.4, -0.2) is 37.7 Å². The summed E-state index contributed by atoms with van der Waals surface area (Å²) < 4.78 is 15.2. The predicted octanol–water partition coefficient (Wildman–Crippen LogP) is 1.89. The number of nitrogens with zero attached hydrogens (tertiary/aromatic N) is 1. The van der Waals surface area contributed by atoms with E-state index < -0.39 is 18.5 Å². The van der Waals surface area contributed by atoms with Gasteiger partial charge in [-0.3, -0.25) is 9.78 Å². The molecule has 0 radical (unpaired) electrons. The van der Waals surface area contributed by atoms with Crippen molar-refractivity contribution in [1.29, 1.82) is 0 Å². The highest BCUT2D eigenvalue weighted by molar-refractivity contribution is 5.95. The van der Waals surface area contributed by atoms with Crippen molar-refractivity contribution in [3.8, 4) is 11.5 Å². The highest BCUT2D eigenvalue weighted by Gasteiger charge is 2.11. The Balaban J connectivity index is 1.93. The summed E-state index contributed by atoms with van der Waals surface area (Å²) in [5.41, 5.74) is 0.807. The minimum Gasteiger partial charge on any atom is -0.497 e. The van der Waals surface area contributed by atoms with Crippen LogP contribution in [0.25, 0.3) is 0 Å². The SMILES string of the molecule is COc1cc(NC(=O)COC(=O)c2ccncc2)cc(OC)c1. The normalized spacial score (nSPS) is 9.83. The maximum Gasteiger partial charge on any atom is 0.338 e. The number of nitrogens with one attached hydrogen (secondary N) is 1. The van der Waals surface area contributed by atoms with E-state index in [2.05, 4.69) is 10.3 Å². The lowest BCUT2D eigenvalue weighted by atomic mass is 10.2.